The number of anilines is 1. The second kappa shape index (κ2) is 5.50. The largest absolute Gasteiger partial charge is 0.444 e. The second-order valence-electron chi connectivity index (χ2n) is 5.11. The lowest BCUT2D eigenvalue weighted by molar-refractivity contribution is 0.0635. The van der Waals surface area contributed by atoms with Gasteiger partial charge in [-0.3, -0.25) is 5.32 Å². The molecule has 1 rings (SSSR count). The number of carbonyl (C=O) groups excluding carboxylic acids is 1. The zero-order chi connectivity index (χ0) is 14.8. The molecule has 0 aliphatic carbocycles. The van der Waals surface area contributed by atoms with Crippen molar-refractivity contribution in [1.29, 1.82) is 4.78 Å². The van der Waals surface area contributed by atoms with Crippen LogP contribution in [0.5, 0.6) is 0 Å². The molecule has 0 radical (unpaired) electrons. The first-order valence-electron chi connectivity index (χ1n) is 5.52. The first-order chi connectivity index (χ1) is 8.49. The van der Waals surface area contributed by atoms with E-state index in [4.69, 9.17) is 9.52 Å². The maximum atomic E-state index is 11.8. The van der Waals surface area contributed by atoms with Crippen molar-refractivity contribution in [3.05, 3.63) is 22.7 Å². The molecule has 5 nitrogen and oxygen atoms in total. The molecule has 0 spiro atoms. The molecule has 0 saturated heterocycles. The van der Waals surface area contributed by atoms with Crippen molar-refractivity contribution in [2.75, 3.05) is 11.6 Å². The van der Waals surface area contributed by atoms with Crippen LogP contribution in [0.1, 0.15) is 20.8 Å². The van der Waals surface area contributed by atoms with Crippen molar-refractivity contribution >= 4 is 37.4 Å². The number of nitrogens with one attached hydrogen (secondary N) is 2. The van der Waals surface area contributed by atoms with Crippen molar-refractivity contribution in [3.63, 3.8) is 0 Å². The summed E-state index contributed by atoms with van der Waals surface area (Å²) in [5, 5.41) is 2.52. The van der Waals surface area contributed by atoms with Crippen LogP contribution in [-0.4, -0.2) is 22.2 Å². The molecular formula is C12H17BrN2O3S. The van der Waals surface area contributed by atoms with Crippen LogP contribution in [0.4, 0.5) is 10.5 Å². The van der Waals surface area contributed by atoms with Gasteiger partial charge in [-0.15, -0.1) is 0 Å². The van der Waals surface area contributed by atoms with Gasteiger partial charge in [-0.25, -0.2) is 13.8 Å². The van der Waals surface area contributed by atoms with E-state index in [0.717, 1.165) is 0 Å². The molecule has 2 N–H and O–H groups in total. The summed E-state index contributed by atoms with van der Waals surface area (Å²) in [6, 6.07) is 4.82. The molecule has 0 aliphatic rings. The lowest BCUT2D eigenvalue weighted by atomic mass is 10.2. The van der Waals surface area contributed by atoms with Gasteiger partial charge in [0.25, 0.3) is 0 Å². The van der Waals surface area contributed by atoms with Crippen LogP contribution in [0, 0.1) is 4.78 Å². The van der Waals surface area contributed by atoms with E-state index in [1.54, 1.807) is 39.0 Å². The van der Waals surface area contributed by atoms with Crippen molar-refractivity contribution < 1.29 is 13.7 Å². The molecule has 0 saturated carbocycles. The topological polar surface area (TPSA) is 79.2 Å². The van der Waals surface area contributed by atoms with Crippen molar-refractivity contribution in [3.8, 4) is 0 Å². The highest BCUT2D eigenvalue weighted by Crippen LogP contribution is 2.26. The molecule has 0 aliphatic heterocycles. The minimum Gasteiger partial charge on any atom is -0.444 e. The highest BCUT2D eigenvalue weighted by atomic mass is 79.9. The summed E-state index contributed by atoms with van der Waals surface area (Å²) in [4.78, 5) is 12.0. The highest BCUT2D eigenvalue weighted by molar-refractivity contribution is 9.10. The third-order valence-electron chi connectivity index (χ3n) is 2.00. The molecule has 1 amide bonds. The van der Waals surface area contributed by atoms with Crippen molar-refractivity contribution in [2.24, 2.45) is 0 Å². The van der Waals surface area contributed by atoms with Crippen molar-refractivity contribution in [1.82, 2.24) is 0 Å². The van der Waals surface area contributed by atoms with Gasteiger partial charge in [0.05, 0.1) is 20.3 Å². The number of halogens is 1. The molecule has 1 unspecified atom stereocenters. The Morgan fingerprint density at radius 2 is 2.00 bits per heavy atom. The van der Waals surface area contributed by atoms with Gasteiger partial charge in [0.1, 0.15) is 5.60 Å². The summed E-state index contributed by atoms with van der Waals surface area (Å²) in [7, 11) is -2.93. The standard InChI is InChI=1S/C12H17BrN2O3S/c1-12(2,3)18-11(16)15-9-7-8(13)5-6-10(9)19(4,14)17/h5-7,14H,1-4H3,(H,15,16). The van der Waals surface area contributed by atoms with Gasteiger partial charge in [-0.1, -0.05) is 15.9 Å². The Kier molecular flexibility index (Phi) is 4.63. The van der Waals surface area contributed by atoms with Gasteiger partial charge in [-0.2, -0.15) is 0 Å². The number of ether oxygens (including phenoxy) is 1. The third kappa shape index (κ3) is 5.20. The number of rotatable bonds is 2. The van der Waals surface area contributed by atoms with Gasteiger partial charge >= 0.3 is 6.09 Å². The minimum atomic E-state index is -2.93. The number of hydrogen-bond acceptors (Lipinski definition) is 4. The summed E-state index contributed by atoms with van der Waals surface area (Å²) >= 11 is 3.27. The number of carbonyl (C=O) groups is 1. The number of amides is 1. The van der Waals surface area contributed by atoms with Crippen LogP contribution in [0.25, 0.3) is 0 Å². The fourth-order valence-corrected chi connectivity index (χ4v) is 2.57. The number of benzene rings is 1. The zero-order valence-corrected chi connectivity index (χ0v) is 13.6. The maximum Gasteiger partial charge on any atom is 0.412 e. The van der Waals surface area contributed by atoms with Gasteiger partial charge in [0.2, 0.25) is 0 Å². The second-order valence-corrected chi connectivity index (χ2v) is 8.15. The molecule has 1 atom stereocenters. The van der Waals surface area contributed by atoms with Gasteiger partial charge in [-0.05, 0) is 39.0 Å². The number of hydrogen-bond donors (Lipinski definition) is 2. The van der Waals surface area contributed by atoms with Crippen LogP contribution in [0.3, 0.4) is 0 Å². The molecule has 1 aromatic rings. The average Bonchev–Trinajstić information content (AvgIpc) is 2.11. The fourth-order valence-electron chi connectivity index (χ4n) is 1.35. The van der Waals surface area contributed by atoms with E-state index in [9.17, 15) is 9.00 Å². The Morgan fingerprint density at radius 1 is 1.42 bits per heavy atom. The Bertz CT molecular complexity index is 591. The molecule has 1 aromatic carbocycles. The van der Waals surface area contributed by atoms with Crippen LogP contribution >= 0.6 is 15.9 Å². The Labute approximate surface area is 121 Å². The van der Waals surface area contributed by atoms with E-state index in [1.165, 1.54) is 6.26 Å². The zero-order valence-electron chi connectivity index (χ0n) is 11.2. The van der Waals surface area contributed by atoms with Crippen LogP contribution < -0.4 is 5.32 Å². The lowest BCUT2D eigenvalue weighted by Gasteiger charge is -2.20. The molecular weight excluding hydrogens is 332 g/mol. The normalized spacial score (nSPS) is 14.6. The molecule has 0 heterocycles. The molecule has 7 heteroatoms. The molecule has 0 bridgehead atoms. The first-order valence-corrected chi connectivity index (χ1v) is 8.28. The Morgan fingerprint density at radius 3 is 2.47 bits per heavy atom. The maximum absolute atomic E-state index is 11.8. The quantitative estimate of drug-likeness (QED) is 0.852. The first kappa shape index (κ1) is 16.0. The van der Waals surface area contributed by atoms with E-state index < -0.39 is 21.4 Å². The van der Waals surface area contributed by atoms with Crippen LogP contribution in [0.15, 0.2) is 27.6 Å². The molecule has 0 aromatic heterocycles. The summed E-state index contributed by atoms with van der Waals surface area (Å²) in [5.74, 6) is 0. The van der Waals surface area contributed by atoms with Crippen molar-refractivity contribution in [2.45, 2.75) is 31.3 Å². The minimum absolute atomic E-state index is 0.265. The van der Waals surface area contributed by atoms with Crippen LogP contribution in [0.2, 0.25) is 0 Å². The van der Waals surface area contributed by atoms with E-state index in [2.05, 4.69) is 21.2 Å². The monoisotopic (exact) mass is 348 g/mol. The Hall–Kier alpha value is -1.08. The smallest absolute Gasteiger partial charge is 0.412 e. The lowest BCUT2D eigenvalue weighted by Crippen LogP contribution is -2.27. The van der Waals surface area contributed by atoms with E-state index in [1.807, 2.05) is 0 Å². The van der Waals surface area contributed by atoms with Gasteiger partial charge in [0, 0.05) is 10.7 Å². The highest BCUT2D eigenvalue weighted by Gasteiger charge is 2.19. The summed E-state index contributed by atoms with van der Waals surface area (Å²) in [6.07, 6.45) is 0.659. The van der Waals surface area contributed by atoms with Gasteiger partial charge in [0.15, 0.2) is 0 Å². The van der Waals surface area contributed by atoms with Crippen LogP contribution in [-0.2, 0) is 14.5 Å². The van der Waals surface area contributed by atoms with E-state index in [-0.39, 0.29) is 4.90 Å². The summed E-state index contributed by atoms with van der Waals surface area (Å²) < 4.78 is 25.3. The molecule has 106 valence electrons. The summed E-state index contributed by atoms with van der Waals surface area (Å²) in [6.45, 7) is 5.26. The Balaban J connectivity index is 3.07. The SMILES string of the molecule is CC(C)(C)OC(=O)Nc1cc(Br)ccc1S(C)(=N)=O. The van der Waals surface area contributed by atoms with Gasteiger partial charge < -0.3 is 4.74 Å². The summed E-state index contributed by atoms with van der Waals surface area (Å²) in [5.41, 5.74) is -0.309. The molecule has 19 heavy (non-hydrogen) atoms. The van der Waals surface area contributed by atoms with E-state index >= 15 is 0 Å². The fraction of sp³-hybridized carbons (Fsp3) is 0.417. The predicted octanol–water partition coefficient (Wildman–Crippen LogP) is 3.83. The average molecular weight is 349 g/mol. The predicted molar refractivity (Wildman–Crippen MR) is 79.1 cm³/mol. The van der Waals surface area contributed by atoms with E-state index in [0.29, 0.717) is 10.2 Å². The third-order valence-corrected chi connectivity index (χ3v) is 3.69. The molecule has 0 fully saturated rings.